The van der Waals surface area contributed by atoms with Crippen LogP contribution in [0, 0.1) is 0 Å². The summed E-state index contributed by atoms with van der Waals surface area (Å²) in [5.74, 6) is 1.19. The number of carbonyl (C=O) groups is 1. The smallest absolute Gasteiger partial charge is 0.248 e. The van der Waals surface area contributed by atoms with E-state index in [4.69, 9.17) is 13.9 Å². The summed E-state index contributed by atoms with van der Waals surface area (Å²) in [5, 5.41) is 3.79. The third-order valence-electron chi connectivity index (χ3n) is 5.11. The molecule has 0 saturated carbocycles. The molecule has 0 spiro atoms. The Morgan fingerprint density at radius 3 is 2.35 bits per heavy atom. The first-order chi connectivity index (χ1) is 15.1. The molecule has 4 rings (SSSR count). The molecular weight excluding hydrogens is 390 g/mol. The molecule has 0 bridgehead atoms. The number of rotatable bonds is 6. The van der Waals surface area contributed by atoms with Crippen LogP contribution in [-0.4, -0.2) is 20.1 Å². The van der Waals surface area contributed by atoms with Crippen LogP contribution in [0.25, 0.3) is 27.7 Å². The van der Waals surface area contributed by atoms with Crippen molar-refractivity contribution in [3.05, 3.63) is 84.6 Å². The van der Waals surface area contributed by atoms with Crippen molar-refractivity contribution in [1.29, 1.82) is 0 Å². The summed E-state index contributed by atoms with van der Waals surface area (Å²) in [6.45, 7) is 1.89. The fourth-order valence-corrected chi connectivity index (χ4v) is 3.58. The largest absolute Gasteiger partial charge is 0.496 e. The van der Waals surface area contributed by atoms with E-state index < -0.39 is 0 Å². The Labute approximate surface area is 180 Å². The molecule has 0 radical (unpaired) electrons. The average Bonchev–Trinajstić information content (AvgIpc) is 3.21. The van der Waals surface area contributed by atoms with Crippen molar-refractivity contribution in [3.63, 3.8) is 0 Å². The molecule has 0 unspecified atom stereocenters. The minimum Gasteiger partial charge on any atom is -0.496 e. The summed E-state index contributed by atoms with van der Waals surface area (Å²) >= 11 is 0. The molecule has 5 heteroatoms. The standard InChI is InChI=1S/C26H23NO4/c1-17(13-26(28)27-18-9-5-4-6-10-18)20-14-21-22(16-31-25(21)15-24(20)30-3)19-11-7-8-12-23(19)29-2/h4-16H,1-3H3,(H,27,28)/b17-13+. The number of hydrogen-bond acceptors (Lipinski definition) is 4. The van der Waals surface area contributed by atoms with Crippen molar-refractivity contribution in [2.75, 3.05) is 19.5 Å². The minimum absolute atomic E-state index is 0.206. The van der Waals surface area contributed by atoms with Gasteiger partial charge in [0.2, 0.25) is 5.91 Å². The Balaban J connectivity index is 1.75. The minimum atomic E-state index is -0.206. The van der Waals surface area contributed by atoms with Gasteiger partial charge in [0.05, 0.1) is 20.5 Å². The normalized spacial score (nSPS) is 11.4. The summed E-state index contributed by atoms with van der Waals surface area (Å²) in [6, 6.07) is 21.0. The summed E-state index contributed by atoms with van der Waals surface area (Å²) in [6.07, 6.45) is 3.28. The van der Waals surface area contributed by atoms with E-state index in [-0.39, 0.29) is 5.91 Å². The number of ether oxygens (including phenoxy) is 2. The van der Waals surface area contributed by atoms with E-state index in [1.54, 1.807) is 26.6 Å². The third kappa shape index (κ3) is 4.16. The van der Waals surface area contributed by atoms with Crippen LogP contribution in [0.15, 0.2) is 83.5 Å². The monoisotopic (exact) mass is 413 g/mol. The Morgan fingerprint density at radius 1 is 0.903 bits per heavy atom. The molecule has 0 aliphatic rings. The molecule has 0 aliphatic carbocycles. The lowest BCUT2D eigenvalue weighted by Gasteiger charge is -2.11. The predicted octanol–water partition coefficient (Wildman–Crippen LogP) is 6.16. The van der Waals surface area contributed by atoms with Crippen LogP contribution in [0.1, 0.15) is 12.5 Å². The summed E-state index contributed by atoms with van der Waals surface area (Å²) in [5.41, 5.74) is 4.88. The fourth-order valence-electron chi connectivity index (χ4n) is 3.58. The number of amides is 1. The number of nitrogens with one attached hydrogen (secondary N) is 1. The number of methoxy groups -OCH3 is 2. The highest BCUT2D eigenvalue weighted by Gasteiger charge is 2.17. The first-order valence-electron chi connectivity index (χ1n) is 9.88. The second-order valence-electron chi connectivity index (χ2n) is 7.08. The lowest BCUT2D eigenvalue weighted by atomic mass is 9.98. The molecule has 3 aromatic carbocycles. The number of benzene rings is 3. The molecule has 156 valence electrons. The van der Waals surface area contributed by atoms with Crippen molar-refractivity contribution in [3.8, 4) is 22.6 Å². The summed E-state index contributed by atoms with van der Waals surface area (Å²) < 4.78 is 16.9. The number of fused-ring (bicyclic) bond motifs is 1. The molecule has 0 fully saturated rings. The van der Waals surface area contributed by atoms with Gasteiger partial charge in [0.15, 0.2) is 0 Å². The van der Waals surface area contributed by atoms with Gasteiger partial charge in [-0.1, -0.05) is 36.4 Å². The first kappa shape index (κ1) is 20.3. The predicted molar refractivity (Wildman–Crippen MR) is 123 cm³/mol. The Hall–Kier alpha value is -3.99. The van der Waals surface area contributed by atoms with Crippen LogP contribution >= 0.6 is 0 Å². The Kier molecular flexibility index (Phi) is 5.76. The Morgan fingerprint density at radius 2 is 1.61 bits per heavy atom. The van der Waals surface area contributed by atoms with Gasteiger partial charge in [0.25, 0.3) is 0 Å². The van der Waals surface area contributed by atoms with Gasteiger partial charge in [-0.25, -0.2) is 0 Å². The van der Waals surface area contributed by atoms with Crippen molar-refractivity contribution in [2.45, 2.75) is 6.92 Å². The maximum Gasteiger partial charge on any atom is 0.248 e. The van der Waals surface area contributed by atoms with Gasteiger partial charge in [-0.15, -0.1) is 0 Å². The molecule has 5 nitrogen and oxygen atoms in total. The van der Waals surface area contributed by atoms with Crippen molar-refractivity contribution in [1.82, 2.24) is 0 Å². The number of anilines is 1. The molecule has 1 aromatic heterocycles. The first-order valence-corrected chi connectivity index (χ1v) is 9.88. The van der Waals surface area contributed by atoms with Gasteiger partial charge in [-0.05, 0) is 36.8 Å². The molecule has 0 atom stereocenters. The number of para-hydroxylation sites is 2. The maximum atomic E-state index is 12.5. The number of hydrogen-bond donors (Lipinski definition) is 1. The lowest BCUT2D eigenvalue weighted by Crippen LogP contribution is -2.08. The SMILES string of the molecule is COc1cc2occ(-c3ccccc3OC)c2cc1/C(C)=C/C(=O)Nc1ccccc1. The third-order valence-corrected chi connectivity index (χ3v) is 5.11. The van der Waals surface area contributed by atoms with Crippen molar-refractivity contribution in [2.24, 2.45) is 0 Å². The molecule has 0 saturated heterocycles. The van der Waals surface area contributed by atoms with Gasteiger partial charge in [-0.2, -0.15) is 0 Å². The summed E-state index contributed by atoms with van der Waals surface area (Å²) in [4.78, 5) is 12.5. The fraction of sp³-hybridized carbons (Fsp3) is 0.115. The van der Waals surface area contributed by atoms with E-state index in [2.05, 4.69) is 5.32 Å². The van der Waals surface area contributed by atoms with Gasteiger partial charge in [-0.3, -0.25) is 4.79 Å². The highest BCUT2D eigenvalue weighted by molar-refractivity contribution is 6.05. The van der Waals surface area contributed by atoms with Crippen molar-refractivity contribution < 1.29 is 18.7 Å². The van der Waals surface area contributed by atoms with Gasteiger partial charge in [0.1, 0.15) is 17.1 Å². The summed E-state index contributed by atoms with van der Waals surface area (Å²) in [7, 11) is 3.25. The molecule has 0 aliphatic heterocycles. The van der Waals surface area contributed by atoms with Crippen LogP contribution in [0.4, 0.5) is 5.69 Å². The molecule has 1 heterocycles. The zero-order valence-corrected chi connectivity index (χ0v) is 17.6. The van der Waals surface area contributed by atoms with Crippen LogP contribution in [-0.2, 0) is 4.79 Å². The quantitative estimate of drug-likeness (QED) is 0.385. The number of carbonyl (C=O) groups excluding carboxylic acids is 1. The molecular formula is C26H23NO4. The van der Waals surface area contributed by atoms with Crippen LogP contribution in [0.3, 0.4) is 0 Å². The van der Waals surface area contributed by atoms with Crippen molar-refractivity contribution >= 4 is 28.1 Å². The Bertz CT molecular complexity index is 1260. The topological polar surface area (TPSA) is 60.7 Å². The van der Waals surface area contributed by atoms with E-state index >= 15 is 0 Å². The average molecular weight is 413 g/mol. The highest BCUT2D eigenvalue weighted by atomic mass is 16.5. The van der Waals surface area contributed by atoms with E-state index in [0.717, 1.165) is 39.1 Å². The second-order valence-corrected chi connectivity index (χ2v) is 7.08. The molecule has 31 heavy (non-hydrogen) atoms. The van der Waals surface area contributed by atoms with Crippen LogP contribution < -0.4 is 14.8 Å². The zero-order valence-electron chi connectivity index (χ0n) is 17.6. The number of furan rings is 1. The second kappa shape index (κ2) is 8.79. The maximum absolute atomic E-state index is 12.5. The lowest BCUT2D eigenvalue weighted by molar-refractivity contribution is -0.111. The molecule has 4 aromatic rings. The van der Waals surface area contributed by atoms with Gasteiger partial charge >= 0.3 is 0 Å². The van der Waals surface area contributed by atoms with Crippen LogP contribution in [0.5, 0.6) is 11.5 Å². The molecule has 1 N–H and O–H groups in total. The van der Waals surface area contributed by atoms with E-state index in [0.29, 0.717) is 11.3 Å². The highest BCUT2D eigenvalue weighted by Crippen LogP contribution is 2.40. The van der Waals surface area contributed by atoms with Gasteiger partial charge in [0, 0.05) is 39.9 Å². The number of allylic oxidation sites excluding steroid dienone is 1. The van der Waals surface area contributed by atoms with Crippen LogP contribution in [0.2, 0.25) is 0 Å². The van der Waals surface area contributed by atoms with E-state index in [1.807, 2.05) is 73.7 Å². The van der Waals surface area contributed by atoms with E-state index in [9.17, 15) is 4.79 Å². The van der Waals surface area contributed by atoms with Gasteiger partial charge < -0.3 is 19.2 Å². The van der Waals surface area contributed by atoms with E-state index in [1.165, 1.54) is 0 Å². The molecule has 1 amide bonds. The zero-order chi connectivity index (χ0) is 21.8.